The Bertz CT molecular complexity index is 1280. The second kappa shape index (κ2) is 8.79. The Balaban J connectivity index is 1.88. The van der Waals surface area contributed by atoms with Crippen LogP contribution in [0.3, 0.4) is 0 Å². The molecule has 0 fully saturated rings. The minimum absolute atomic E-state index is 0.0741. The number of alkyl halides is 4. The lowest BCUT2D eigenvalue weighted by molar-refractivity contribution is -0.164. The fourth-order valence-electron chi connectivity index (χ4n) is 3.92. The summed E-state index contributed by atoms with van der Waals surface area (Å²) in [5.41, 5.74) is -0.843. The number of pyridine rings is 1. The lowest BCUT2D eigenvalue weighted by Gasteiger charge is -2.30. The predicted octanol–water partition coefficient (Wildman–Crippen LogP) is 5.75. The van der Waals surface area contributed by atoms with Gasteiger partial charge in [0.1, 0.15) is 5.71 Å². The predicted molar refractivity (Wildman–Crippen MR) is 121 cm³/mol. The van der Waals surface area contributed by atoms with Crippen LogP contribution in [-0.2, 0) is 0 Å². The molecule has 1 unspecified atom stereocenters. The molecule has 3 aromatic rings. The van der Waals surface area contributed by atoms with Gasteiger partial charge in [0, 0.05) is 17.4 Å². The van der Waals surface area contributed by atoms with E-state index >= 15 is 0 Å². The summed E-state index contributed by atoms with van der Waals surface area (Å²) in [6, 6.07) is 14.1. The van der Waals surface area contributed by atoms with Crippen LogP contribution in [0, 0.1) is 6.92 Å². The fraction of sp³-hybridized carbons (Fsp3) is 0.320. The van der Waals surface area contributed by atoms with Crippen LogP contribution in [-0.4, -0.2) is 45.3 Å². The molecule has 0 aliphatic carbocycles. The smallest absolute Gasteiger partial charge is 0.287 e. The molecule has 1 amide bonds. The van der Waals surface area contributed by atoms with Gasteiger partial charge in [-0.2, -0.15) is 10.1 Å². The van der Waals surface area contributed by atoms with E-state index in [-0.39, 0.29) is 10.6 Å². The van der Waals surface area contributed by atoms with Crippen LogP contribution in [0.4, 0.5) is 17.6 Å². The molecule has 0 radical (unpaired) electrons. The number of amides is 1. The van der Waals surface area contributed by atoms with Crippen molar-refractivity contribution in [2.24, 2.45) is 5.10 Å². The fourth-order valence-corrected chi connectivity index (χ4v) is 3.92. The first-order valence-electron chi connectivity index (χ1n) is 10.7. The van der Waals surface area contributed by atoms with Gasteiger partial charge in [-0.3, -0.25) is 4.79 Å². The Labute approximate surface area is 193 Å². The number of hydrogen-bond donors (Lipinski definition) is 1. The highest BCUT2D eigenvalue weighted by molar-refractivity contribution is 6.08. The van der Waals surface area contributed by atoms with Gasteiger partial charge in [-0.1, -0.05) is 49.7 Å². The molecule has 1 atom stereocenters. The Morgan fingerprint density at radius 1 is 1.06 bits per heavy atom. The maximum absolute atomic E-state index is 13.7. The normalized spacial score (nSPS) is 18.4. The van der Waals surface area contributed by atoms with Crippen LogP contribution >= 0.6 is 0 Å². The molecule has 5 nitrogen and oxygen atoms in total. The van der Waals surface area contributed by atoms with Crippen LogP contribution in [0.15, 0.2) is 53.6 Å². The summed E-state index contributed by atoms with van der Waals surface area (Å²) in [5.74, 6) is -0.806. The van der Waals surface area contributed by atoms with Gasteiger partial charge in [0.05, 0.1) is 16.8 Å². The Morgan fingerprint density at radius 2 is 1.74 bits per heavy atom. The average Bonchev–Trinajstić information content (AvgIpc) is 3.17. The van der Waals surface area contributed by atoms with Crippen LogP contribution in [0.2, 0.25) is 0 Å². The van der Waals surface area contributed by atoms with E-state index in [1.54, 1.807) is 25.1 Å². The van der Waals surface area contributed by atoms with E-state index < -0.39 is 36.6 Å². The van der Waals surface area contributed by atoms with E-state index in [9.17, 15) is 27.5 Å². The number of aryl methyl sites for hydroxylation is 1. The van der Waals surface area contributed by atoms with Crippen LogP contribution in [0.25, 0.3) is 22.2 Å². The number of nitrogens with zero attached hydrogens (tertiary/aromatic N) is 3. The quantitative estimate of drug-likeness (QED) is 0.480. The van der Waals surface area contributed by atoms with Crippen molar-refractivity contribution in [3.05, 3.63) is 65.2 Å². The molecule has 4 rings (SSSR count). The first-order valence-corrected chi connectivity index (χ1v) is 10.7. The molecule has 0 bridgehead atoms. The van der Waals surface area contributed by atoms with Crippen LogP contribution < -0.4 is 0 Å². The van der Waals surface area contributed by atoms with Gasteiger partial charge >= 0.3 is 0 Å². The Kier molecular flexibility index (Phi) is 6.16. The zero-order valence-electron chi connectivity index (χ0n) is 18.8. The topological polar surface area (TPSA) is 65.8 Å². The molecule has 178 valence electrons. The summed E-state index contributed by atoms with van der Waals surface area (Å²) >= 11 is 0. The lowest BCUT2D eigenvalue weighted by atomic mass is 9.98. The third kappa shape index (κ3) is 4.16. The Morgan fingerprint density at radius 3 is 2.32 bits per heavy atom. The molecule has 1 N–H and O–H groups in total. The molecular formula is C25H23F4N3O2. The summed E-state index contributed by atoms with van der Waals surface area (Å²) in [6.07, 6.45) is -7.83. The molecule has 34 heavy (non-hydrogen) atoms. The molecule has 0 saturated heterocycles. The van der Waals surface area contributed by atoms with Gasteiger partial charge in [0.25, 0.3) is 18.8 Å². The van der Waals surface area contributed by atoms with Gasteiger partial charge in [-0.25, -0.2) is 22.5 Å². The van der Waals surface area contributed by atoms with E-state index in [0.29, 0.717) is 28.1 Å². The SMILES string of the molecule is Cc1ccc2nc(-c3ccc(C(C)C)cc3)cc(C(=O)N3N=C(C(F)F)CC3(O)C(F)F)c2c1. The van der Waals surface area contributed by atoms with E-state index in [1.165, 1.54) is 6.07 Å². The number of carbonyl (C=O) groups excluding carboxylic acids is 1. The van der Waals surface area contributed by atoms with Crippen molar-refractivity contribution < 1.29 is 27.5 Å². The number of hydrazone groups is 1. The molecule has 2 heterocycles. The molecule has 1 aromatic heterocycles. The zero-order chi connectivity index (χ0) is 24.8. The number of carbonyl (C=O) groups is 1. The second-order valence-electron chi connectivity index (χ2n) is 8.72. The molecular weight excluding hydrogens is 450 g/mol. The highest BCUT2D eigenvalue weighted by Crippen LogP contribution is 2.36. The van der Waals surface area contributed by atoms with Crippen LogP contribution in [0.5, 0.6) is 0 Å². The third-order valence-corrected chi connectivity index (χ3v) is 5.90. The first kappa shape index (κ1) is 23.8. The summed E-state index contributed by atoms with van der Waals surface area (Å²) in [6.45, 7) is 5.89. The third-order valence-electron chi connectivity index (χ3n) is 5.90. The number of benzene rings is 2. The summed E-state index contributed by atoms with van der Waals surface area (Å²) in [4.78, 5) is 18.0. The summed E-state index contributed by atoms with van der Waals surface area (Å²) < 4.78 is 53.9. The number of hydrogen-bond acceptors (Lipinski definition) is 4. The largest absolute Gasteiger partial charge is 0.364 e. The molecule has 1 aliphatic heterocycles. The molecule has 9 heteroatoms. The van der Waals surface area contributed by atoms with E-state index in [1.807, 2.05) is 24.3 Å². The van der Waals surface area contributed by atoms with Crippen molar-refractivity contribution in [1.29, 1.82) is 0 Å². The maximum Gasteiger partial charge on any atom is 0.287 e. The molecule has 0 saturated carbocycles. The summed E-state index contributed by atoms with van der Waals surface area (Å²) in [7, 11) is 0. The minimum Gasteiger partial charge on any atom is -0.364 e. The molecule has 0 spiro atoms. The van der Waals surface area contributed by atoms with Crippen molar-refractivity contribution in [2.75, 3.05) is 0 Å². The molecule has 1 aliphatic rings. The van der Waals surface area contributed by atoms with Crippen molar-refractivity contribution in [2.45, 2.75) is 51.7 Å². The van der Waals surface area contributed by atoms with Gasteiger partial charge in [0.2, 0.25) is 5.72 Å². The minimum atomic E-state index is -3.51. The van der Waals surface area contributed by atoms with Crippen LogP contribution in [0.1, 0.15) is 47.7 Å². The lowest BCUT2D eigenvalue weighted by Crippen LogP contribution is -2.51. The maximum atomic E-state index is 13.7. The number of aliphatic hydroxyl groups is 1. The number of aromatic nitrogens is 1. The highest BCUT2D eigenvalue weighted by Gasteiger charge is 2.53. The zero-order valence-corrected chi connectivity index (χ0v) is 18.8. The molecule has 2 aromatic carbocycles. The van der Waals surface area contributed by atoms with Gasteiger partial charge in [-0.05, 0) is 36.6 Å². The summed E-state index contributed by atoms with van der Waals surface area (Å²) in [5, 5.41) is 14.3. The second-order valence-corrected chi connectivity index (χ2v) is 8.72. The Hall–Kier alpha value is -3.33. The number of rotatable bonds is 5. The number of halogens is 4. The van der Waals surface area contributed by atoms with Crippen molar-refractivity contribution in [1.82, 2.24) is 9.99 Å². The standard InChI is InChI=1S/C25H23F4N3O2/c1-13(2)15-5-7-16(8-6-15)20-11-18(17-10-14(3)4-9-19(17)30-20)23(33)32-25(34,24(28)29)12-21(31-32)22(26)27/h4-11,13,22,24,34H,12H2,1-3H3. The number of fused-ring (bicyclic) bond motifs is 1. The van der Waals surface area contributed by atoms with Gasteiger partial charge < -0.3 is 5.11 Å². The first-order chi connectivity index (χ1) is 16.0. The van der Waals surface area contributed by atoms with E-state index in [4.69, 9.17) is 0 Å². The van der Waals surface area contributed by atoms with E-state index in [2.05, 4.69) is 23.9 Å². The van der Waals surface area contributed by atoms with Crippen molar-refractivity contribution >= 4 is 22.5 Å². The van der Waals surface area contributed by atoms with E-state index in [0.717, 1.165) is 11.1 Å². The van der Waals surface area contributed by atoms with Gasteiger partial charge in [-0.15, -0.1) is 0 Å². The monoisotopic (exact) mass is 473 g/mol. The average molecular weight is 473 g/mol. The van der Waals surface area contributed by atoms with Gasteiger partial charge in [0.15, 0.2) is 0 Å². The highest BCUT2D eigenvalue weighted by atomic mass is 19.3. The van der Waals surface area contributed by atoms with Crippen molar-refractivity contribution in [3.8, 4) is 11.3 Å². The van der Waals surface area contributed by atoms with Crippen molar-refractivity contribution in [3.63, 3.8) is 0 Å².